The van der Waals surface area contributed by atoms with E-state index in [1.54, 1.807) is 6.92 Å². The number of ether oxygens (including phenoxy) is 1. The number of hydrogen-bond acceptors (Lipinski definition) is 5. The Balaban J connectivity index is 2.00. The van der Waals surface area contributed by atoms with Crippen LogP contribution in [0.3, 0.4) is 0 Å². The monoisotopic (exact) mass is 399 g/mol. The van der Waals surface area contributed by atoms with Gasteiger partial charge in [0.15, 0.2) is 0 Å². The van der Waals surface area contributed by atoms with E-state index in [1.807, 2.05) is 0 Å². The van der Waals surface area contributed by atoms with Crippen LogP contribution in [0.15, 0.2) is 29.2 Å². The molecule has 0 unspecified atom stereocenters. The number of esters is 1. The molecule has 1 aliphatic rings. The second-order valence-electron chi connectivity index (χ2n) is 5.69. The molecule has 0 bridgehead atoms. The number of anilines is 1. The van der Waals surface area contributed by atoms with Crippen molar-refractivity contribution in [3.05, 3.63) is 45.3 Å². The molecule has 1 aromatic heterocycles. The molecular formula is C17H18ClNO4S2. The fraction of sp³-hybridized carbons (Fsp3) is 0.353. The minimum absolute atomic E-state index is 0.0954. The molecule has 0 spiro atoms. The van der Waals surface area contributed by atoms with Gasteiger partial charge in [0.1, 0.15) is 5.00 Å². The van der Waals surface area contributed by atoms with Crippen molar-refractivity contribution in [2.24, 2.45) is 0 Å². The number of carbonyl (C=O) groups is 1. The molecule has 3 rings (SSSR count). The van der Waals surface area contributed by atoms with Crippen LogP contribution >= 0.6 is 22.9 Å². The largest absolute Gasteiger partial charge is 0.462 e. The second-order valence-corrected chi connectivity index (χ2v) is 8.92. The van der Waals surface area contributed by atoms with Crippen molar-refractivity contribution in [2.75, 3.05) is 11.3 Å². The van der Waals surface area contributed by atoms with Gasteiger partial charge in [0.25, 0.3) is 10.0 Å². The Morgan fingerprint density at radius 1 is 1.24 bits per heavy atom. The summed E-state index contributed by atoms with van der Waals surface area (Å²) in [7, 11) is -3.81. The zero-order chi connectivity index (χ0) is 18.0. The number of carbonyl (C=O) groups excluding carboxylic acids is 1. The van der Waals surface area contributed by atoms with Crippen molar-refractivity contribution in [1.82, 2.24) is 0 Å². The summed E-state index contributed by atoms with van der Waals surface area (Å²) < 4.78 is 33.0. The van der Waals surface area contributed by atoms with Crippen LogP contribution in [0.1, 0.15) is 40.6 Å². The molecule has 134 valence electrons. The van der Waals surface area contributed by atoms with Crippen LogP contribution in [-0.2, 0) is 27.6 Å². The Morgan fingerprint density at radius 3 is 2.60 bits per heavy atom. The van der Waals surface area contributed by atoms with Gasteiger partial charge in [-0.3, -0.25) is 4.72 Å². The van der Waals surface area contributed by atoms with E-state index in [0.717, 1.165) is 36.1 Å². The molecule has 0 saturated heterocycles. The lowest BCUT2D eigenvalue weighted by Crippen LogP contribution is -2.16. The van der Waals surface area contributed by atoms with Gasteiger partial charge >= 0.3 is 5.97 Å². The zero-order valence-electron chi connectivity index (χ0n) is 13.7. The summed E-state index contributed by atoms with van der Waals surface area (Å²) >= 11 is 7.14. The number of halogens is 1. The molecule has 1 N–H and O–H groups in total. The Labute approximate surface area is 156 Å². The normalized spacial score (nSPS) is 14.0. The van der Waals surface area contributed by atoms with E-state index in [0.29, 0.717) is 15.6 Å². The molecule has 0 radical (unpaired) electrons. The maximum absolute atomic E-state index is 12.7. The van der Waals surface area contributed by atoms with Crippen LogP contribution < -0.4 is 4.72 Å². The number of sulfonamides is 1. The van der Waals surface area contributed by atoms with Gasteiger partial charge in [-0.25, -0.2) is 13.2 Å². The molecule has 25 heavy (non-hydrogen) atoms. The Hall–Kier alpha value is -1.57. The van der Waals surface area contributed by atoms with Gasteiger partial charge < -0.3 is 4.74 Å². The van der Waals surface area contributed by atoms with Gasteiger partial charge in [-0.15, -0.1) is 11.3 Å². The van der Waals surface area contributed by atoms with E-state index >= 15 is 0 Å². The highest BCUT2D eigenvalue weighted by Gasteiger charge is 2.28. The van der Waals surface area contributed by atoms with Gasteiger partial charge in [0, 0.05) is 9.90 Å². The number of fused-ring (bicyclic) bond motifs is 1. The third kappa shape index (κ3) is 3.83. The first kappa shape index (κ1) is 18.2. The number of aryl methyl sites for hydroxylation is 1. The average Bonchev–Trinajstić information content (AvgIpc) is 2.92. The molecule has 1 aliphatic carbocycles. The summed E-state index contributed by atoms with van der Waals surface area (Å²) in [6, 6.07) is 5.90. The van der Waals surface area contributed by atoms with Crippen LogP contribution in [0.4, 0.5) is 5.00 Å². The molecule has 1 aromatic carbocycles. The smallest absolute Gasteiger partial charge is 0.341 e. The Morgan fingerprint density at radius 2 is 1.92 bits per heavy atom. The fourth-order valence-corrected chi connectivity index (χ4v) is 5.56. The molecule has 5 nitrogen and oxygen atoms in total. The third-order valence-corrected chi connectivity index (χ3v) is 6.96. The van der Waals surface area contributed by atoms with Gasteiger partial charge in [-0.1, -0.05) is 11.6 Å². The average molecular weight is 400 g/mol. The van der Waals surface area contributed by atoms with Gasteiger partial charge in [0.2, 0.25) is 0 Å². The number of benzene rings is 1. The van der Waals surface area contributed by atoms with E-state index in [1.165, 1.54) is 35.6 Å². The lowest BCUT2D eigenvalue weighted by molar-refractivity contribution is 0.0526. The van der Waals surface area contributed by atoms with Crippen molar-refractivity contribution in [2.45, 2.75) is 37.5 Å². The van der Waals surface area contributed by atoms with Crippen LogP contribution in [0.5, 0.6) is 0 Å². The number of hydrogen-bond donors (Lipinski definition) is 1. The second kappa shape index (κ2) is 7.35. The van der Waals surface area contributed by atoms with Crippen LogP contribution in [-0.4, -0.2) is 21.0 Å². The highest BCUT2D eigenvalue weighted by molar-refractivity contribution is 7.93. The molecule has 0 fully saturated rings. The summed E-state index contributed by atoms with van der Waals surface area (Å²) in [5.74, 6) is -0.476. The molecule has 0 amide bonds. The highest BCUT2D eigenvalue weighted by atomic mass is 35.5. The van der Waals surface area contributed by atoms with Crippen LogP contribution in [0, 0.1) is 0 Å². The van der Waals surface area contributed by atoms with Crippen molar-refractivity contribution >= 4 is 43.9 Å². The van der Waals surface area contributed by atoms with E-state index in [-0.39, 0.29) is 11.5 Å². The lowest BCUT2D eigenvalue weighted by Gasteiger charge is -2.12. The summed E-state index contributed by atoms with van der Waals surface area (Å²) in [6.07, 6.45) is 3.65. The summed E-state index contributed by atoms with van der Waals surface area (Å²) in [5.41, 5.74) is 1.28. The van der Waals surface area contributed by atoms with Crippen molar-refractivity contribution < 1.29 is 17.9 Å². The quantitative estimate of drug-likeness (QED) is 0.762. The van der Waals surface area contributed by atoms with E-state index in [4.69, 9.17) is 16.3 Å². The summed E-state index contributed by atoms with van der Waals surface area (Å²) in [5, 5.41) is 0.790. The molecule has 0 atom stereocenters. The molecule has 0 aliphatic heterocycles. The number of nitrogens with one attached hydrogen (secondary N) is 1. The van der Waals surface area contributed by atoms with Gasteiger partial charge in [-0.2, -0.15) is 0 Å². The standard InChI is InChI=1S/C17H18ClNO4S2/c1-2-23-17(20)15-13-5-3-4-6-14(13)24-16(15)19-25(21,22)12-9-7-11(18)8-10-12/h7-10,19H,2-6H2,1H3. The first-order chi connectivity index (χ1) is 11.9. The maximum atomic E-state index is 12.7. The van der Waals surface area contributed by atoms with Gasteiger partial charge in [0.05, 0.1) is 17.1 Å². The molecule has 1 heterocycles. The Kier molecular flexibility index (Phi) is 5.36. The maximum Gasteiger partial charge on any atom is 0.341 e. The summed E-state index contributed by atoms with van der Waals surface area (Å²) in [6.45, 7) is 1.97. The molecule has 8 heteroatoms. The van der Waals surface area contributed by atoms with Crippen molar-refractivity contribution in [3.8, 4) is 0 Å². The first-order valence-corrected chi connectivity index (χ1v) is 10.7. The van der Waals surface area contributed by atoms with Gasteiger partial charge in [-0.05, 0) is 62.4 Å². The minimum Gasteiger partial charge on any atom is -0.462 e. The predicted molar refractivity (Wildman–Crippen MR) is 99.2 cm³/mol. The molecule has 0 saturated carbocycles. The van der Waals surface area contributed by atoms with E-state index in [9.17, 15) is 13.2 Å². The highest BCUT2D eigenvalue weighted by Crippen LogP contribution is 2.39. The number of thiophene rings is 1. The van der Waals surface area contributed by atoms with E-state index < -0.39 is 16.0 Å². The predicted octanol–water partition coefficient (Wildman–Crippen LogP) is 4.26. The lowest BCUT2D eigenvalue weighted by atomic mass is 9.95. The SMILES string of the molecule is CCOC(=O)c1c(NS(=O)(=O)c2ccc(Cl)cc2)sc2c1CCCC2. The molecular weight excluding hydrogens is 382 g/mol. The van der Waals surface area contributed by atoms with Crippen LogP contribution in [0.25, 0.3) is 0 Å². The third-order valence-electron chi connectivity index (χ3n) is 4.00. The summed E-state index contributed by atoms with van der Waals surface area (Å²) in [4.78, 5) is 13.6. The van der Waals surface area contributed by atoms with Crippen molar-refractivity contribution in [3.63, 3.8) is 0 Å². The van der Waals surface area contributed by atoms with Crippen molar-refractivity contribution in [1.29, 1.82) is 0 Å². The number of rotatable bonds is 5. The Bertz CT molecular complexity index is 888. The zero-order valence-corrected chi connectivity index (χ0v) is 16.1. The van der Waals surface area contributed by atoms with E-state index in [2.05, 4.69) is 4.72 Å². The minimum atomic E-state index is -3.81. The fourth-order valence-electron chi connectivity index (χ4n) is 2.85. The van der Waals surface area contributed by atoms with Crippen LogP contribution in [0.2, 0.25) is 5.02 Å². The molecule has 2 aromatic rings. The first-order valence-electron chi connectivity index (χ1n) is 8.02. The topological polar surface area (TPSA) is 72.5 Å².